The normalized spacial score (nSPS) is 14.3. The highest BCUT2D eigenvalue weighted by Gasteiger charge is 2.18. The minimum Gasteiger partial charge on any atom is -0.465 e. The summed E-state index contributed by atoms with van der Waals surface area (Å²) in [6.07, 6.45) is 0. The fourth-order valence-electron chi connectivity index (χ4n) is 2.47. The maximum atomic E-state index is 12.2. The van der Waals surface area contributed by atoms with Gasteiger partial charge in [-0.1, -0.05) is 24.3 Å². The topological polar surface area (TPSA) is 52.6 Å². The van der Waals surface area contributed by atoms with Crippen molar-refractivity contribution in [2.75, 3.05) is 18.6 Å². The Balaban J connectivity index is 1.59. The molecule has 6 heteroatoms. The first-order valence-electron chi connectivity index (χ1n) is 7.85. The molecule has 0 bridgehead atoms. The third kappa shape index (κ3) is 4.58. The molecular formula is C19H18O4S2. The Morgan fingerprint density at radius 1 is 1.00 bits per heavy atom. The summed E-state index contributed by atoms with van der Waals surface area (Å²) in [5, 5.41) is 0. The number of esters is 2. The average molecular weight is 374 g/mol. The zero-order chi connectivity index (χ0) is 17.6. The SMILES string of the molecule is COC(=O)c1cccc(COC(=O)c2ccc(C3SCCS3)cc2)c1. The maximum absolute atomic E-state index is 12.2. The first-order valence-corrected chi connectivity index (χ1v) is 9.94. The third-order valence-electron chi connectivity index (χ3n) is 3.76. The molecule has 0 spiro atoms. The zero-order valence-electron chi connectivity index (χ0n) is 13.8. The van der Waals surface area contributed by atoms with E-state index >= 15 is 0 Å². The first-order chi connectivity index (χ1) is 12.2. The Morgan fingerprint density at radius 2 is 1.72 bits per heavy atom. The molecule has 2 aromatic carbocycles. The number of thioether (sulfide) groups is 2. The molecule has 0 aliphatic carbocycles. The van der Waals surface area contributed by atoms with Crippen LogP contribution in [0.3, 0.4) is 0 Å². The van der Waals surface area contributed by atoms with Gasteiger partial charge in [0, 0.05) is 11.5 Å². The molecule has 1 aliphatic rings. The molecular weight excluding hydrogens is 356 g/mol. The number of ether oxygens (including phenoxy) is 2. The highest BCUT2D eigenvalue weighted by molar-refractivity contribution is 8.19. The van der Waals surface area contributed by atoms with E-state index in [0.29, 0.717) is 15.7 Å². The lowest BCUT2D eigenvalue weighted by molar-refractivity contribution is 0.0472. The highest BCUT2D eigenvalue weighted by Crippen LogP contribution is 2.45. The monoisotopic (exact) mass is 374 g/mol. The highest BCUT2D eigenvalue weighted by atomic mass is 32.2. The summed E-state index contributed by atoms with van der Waals surface area (Å²) >= 11 is 3.86. The van der Waals surface area contributed by atoms with Crippen molar-refractivity contribution in [3.8, 4) is 0 Å². The smallest absolute Gasteiger partial charge is 0.338 e. The van der Waals surface area contributed by atoms with Crippen LogP contribution < -0.4 is 0 Å². The molecule has 25 heavy (non-hydrogen) atoms. The molecule has 2 aromatic rings. The minimum absolute atomic E-state index is 0.111. The van der Waals surface area contributed by atoms with Gasteiger partial charge in [0.25, 0.3) is 0 Å². The minimum atomic E-state index is -0.411. The molecule has 1 heterocycles. The van der Waals surface area contributed by atoms with Crippen LogP contribution in [0.15, 0.2) is 48.5 Å². The Morgan fingerprint density at radius 3 is 2.40 bits per heavy atom. The first kappa shape index (κ1) is 17.9. The molecule has 1 aliphatic heterocycles. The van der Waals surface area contributed by atoms with E-state index in [9.17, 15) is 9.59 Å². The second-order valence-corrected chi connectivity index (χ2v) is 8.19. The van der Waals surface area contributed by atoms with Crippen LogP contribution in [0, 0.1) is 0 Å². The van der Waals surface area contributed by atoms with E-state index in [-0.39, 0.29) is 12.6 Å². The lowest BCUT2D eigenvalue weighted by Gasteiger charge is -2.09. The van der Waals surface area contributed by atoms with Gasteiger partial charge in [-0.25, -0.2) is 9.59 Å². The van der Waals surface area contributed by atoms with Gasteiger partial charge >= 0.3 is 11.9 Å². The van der Waals surface area contributed by atoms with Gasteiger partial charge in [-0.2, -0.15) is 0 Å². The number of carbonyl (C=O) groups is 2. The quantitative estimate of drug-likeness (QED) is 0.727. The van der Waals surface area contributed by atoms with Gasteiger partial charge in [-0.3, -0.25) is 0 Å². The van der Waals surface area contributed by atoms with Crippen LogP contribution in [0.2, 0.25) is 0 Å². The van der Waals surface area contributed by atoms with E-state index in [0.717, 1.165) is 5.56 Å². The second-order valence-electron chi connectivity index (χ2n) is 5.46. The van der Waals surface area contributed by atoms with Crippen LogP contribution in [0.1, 0.15) is 36.4 Å². The van der Waals surface area contributed by atoms with Gasteiger partial charge in [0.15, 0.2) is 0 Å². The van der Waals surface area contributed by atoms with Crippen LogP contribution in [0.25, 0.3) is 0 Å². The number of methoxy groups -OCH3 is 1. The van der Waals surface area contributed by atoms with Crippen LogP contribution in [-0.2, 0) is 16.1 Å². The predicted molar refractivity (Wildman–Crippen MR) is 101 cm³/mol. The lowest BCUT2D eigenvalue weighted by atomic mass is 10.1. The summed E-state index contributed by atoms with van der Waals surface area (Å²) < 4.78 is 10.5. The standard InChI is InChI=1S/C19H18O4S2/c1-22-17(20)16-4-2-3-13(11-16)12-23-18(21)14-5-7-15(8-6-14)19-24-9-10-25-19/h2-8,11,19H,9-10,12H2,1H3. The summed E-state index contributed by atoms with van der Waals surface area (Å²) in [5.74, 6) is 1.56. The lowest BCUT2D eigenvalue weighted by Crippen LogP contribution is -2.06. The molecule has 130 valence electrons. The molecule has 1 saturated heterocycles. The predicted octanol–water partition coefficient (Wildman–Crippen LogP) is 4.31. The van der Waals surface area contributed by atoms with Gasteiger partial charge in [0.05, 0.1) is 22.8 Å². The van der Waals surface area contributed by atoms with Crippen LogP contribution >= 0.6 is 23.5 Å². The second kappa shape index (κ2) is 8.45. The van der Waals surface area contributed by atoms with Crippen molar-refractivity contribution in [3.63, 3.8) is 0 Å². The number of carbonyl (C=O) groups excluding carboxylic acids is 2. The summed E-state index contributed by atoms with van der Waals surface area (Å²) in [6, 6.07) is 14.5. The van der Waals surface area contributed by atoms with E-state index in [1.54, 1.807) is 24.3 Å². The van der Waals surface area contributed by atoms with E-state index < -0.39 is 5.97 Å². The van der Waals surface area contributed by atoms with Crippen LogP contribution in [-0.4, -0.2) is 30.6 Å². The van der Waals surface area contributed by atoms with Crippen molar-refractivity contribution >= 4 is 35.5 Å². The molecule has 4 nitrogen and oxygen atoms in total. The number of benzene rings is 2. The van der Waals surface area contributed by atoms with Gasteiger partial charge in [0.1, 0.15) is 6.61 Å². The Bertz CT molecular complexity index is 752. The fraction of sp³-hybridized carbons (Fsp3) is 0.263. The van der Waals surface area contributed by atoms with Gasteiger partial charge < -0.3 is 9.47 Å². The Labute approximate surface area is 155 Å². The Kier molecular flexibility index (Phi) is 6.04. The van der Waals surface area contributed by atoms with E-state index in [1.807, 2.05) is 47.8 Å². The average Bonchev–Trinajstić information content (AvgIpc) is 3.20. The largest absolute Gasteiger partial charge is 0.465 e. The van der Waals surface area contributed by atoms with Gasteiger partial charge in [-0.15, -0.1) is 23.5 Å². The molecule has 0 N–H and O–H groups in total. The Hall–Kier alpha value is -1.92. The summed E-state index contributed by atoms with van der Waals surface area (Å²) in [5.41, 5.74) is 2.94. The zero-order valence-corrected chi connectivity index (χ0v) is 15.4. The molecule has 0 radical (unpaired) electrons. The van der Waals surface area contributed by atoms with E-state index in [1.165, 1.54) is 24.2 Å². The molecule has 0 aromatic heterocycles. The van der Waals surface area contributed by atoms with Crippen molar-refractivity contribution in [1.82, 2.24) is 0 Å². The maximum Gasteiger partial charge on any atom is 0.338 e. The number of rotatable bonds is 5. The molecule has 0 amide bonds. The molecule has 1 fully saturated rings. The van der Waals surface area contributed by atoms with Gasteiger partial charge in [-0.05, 0) is 35.4 Å². The third-order valence-corrected chi connectivity index (χ3v) is 6.86. The summed E-state index contributed by atoms with van der Waals surface area (Å²) in [7, 11) is 1.33. The van der Waals surface area contributed by atoms with Gasteiger partial charge in [0.2, 0.25) is 0 Å². The summed E-state index contributed by atoms with van der Waals surface area (Å²) in [6.45, 7) is 0.111. The van der Waals surface area contributed by atoms with Crippen molar-refractivity contribution in [2.45, 2.75) is 11.2 Å². The van der Waals surface area contributed by atoms with Crippen molar-refractivity contribution in [1.29, 1.82) is 0 Å². The molecule has 0 saturated carbocycles. The van der Waals surface area contributed by atoms with Crippen molar-refractivity contribution in [3.05, 3.63) is 70.8 Å². The van der Waals surface area contributed by atoms with Crippen LogP contribution in [0.5, 0.6) is 0 Å². The molecule has 0 unspecified atom stereocenters. The van der Waals surface area contributed by atoms with Crippen LogP contribution in [0.4, 0.5) is 0 Å². The molecule has 3 rings (SSSR count). The van der Waals surface area contributed by atoms with Crippen molar-refractivity contribution in [2.24, 2.45) is 0 Å². The van der Waals surface area contributed by atoms with E-state index in [2.05, 4.69) is 4.74 Å². The number of hydrogen-bond donors (Lipinski definition) is 0. The van der Waals surface area contributed by atoms with E-state index in [4.69, 9.17) is 4.74 Å². The van der Waals surface area contributed by atoms with Crippen molar-refractivity contribution < 1.29 is 19.1 Å². The molecule has 0 atom stereocenters. The fourth-order valence-corrected chi connectivity index (χ4v) is 5.32. The summed E-state index contributed by atoms with van der Waals surface area (Å²) in [4.78, 5) is 23.7. The number of hydrogen-bond acceptors (Lipinski definition) is 6.